The van der Waals surface area contributed by atoms with Crippen molar-refractivity contribution in [2.24, 2.45) is 5.92 Å². The van der Waals surface area contributed by atoms with E-state index < -0.39 is 12.1 Å². The van der Waals surface area contributed by atoms with Crippen LogP contribution in [0.15, 0.2) is 24.3 Å². The molecule has 5 nitrogen and oxygen atoms in total. The first-order valence-corrected chi connectivity index (χ1v) is 6.57. The topological polar surface area (TPSA) is 72.6 Å². The van der Waals surface area contributed by atoms with Gasteiger partial charge in [-0.3, -0.25) is 4.79 Å². The lowest BCUT2D eigenvalue weighted by Crippen LogP contribution is -2.45. The van der Waals surface area contributed by atoms with Crippen molar-refractivity contribution in [3.8, 4) is 0 Å². The summed E-state index contributed by atoms with van der Waals surface area (Å²) in [7, 11) is 1.58. The molecule has 1 aromatic rings. The molecule has 0 aliphatic rings. The van der Waals surface area contributed by atoms with Gasteiger partial charge in [0, 0.05) is 12.7 Å². The van der Waals surface area contributed by atoms with Crippen LogP contribution < -0.4 is 5.73 Å². The number of nitrogen functional groups attached to an aromatic ring is 1. The Bertz CT molecular complexity index is 469. The summed E-state index contributed by atoms with van der Waals surface area (Å²) in [5.41, 5.74) is 7.10. The van der Waals surface area contributed by atoms with Gasteiger partial charge >= 0.3 is 6.09 Å². The maximum atomic E-state index is 12.0. The highest BCUT2D eigenvalue weighted by Crippen LogP contribution is 2.13. The highest BCUT2D eigenvalue weighted by molar-refractivity contribution is 5.85. The highest BCUT2D eigenvalue weighted by atomic mass is 16.6. The molecule has 1 amide bonds. The monoisotopic (exact) mass is 278 g/mol. The SMILES string of the molecule is CC(=O)[C@H](C(C)C)N(C)C(=O)OCc1ccc(N)cc1. The average molecular weight is 278 g/mol. The molecule has 0 aromatic heterocycles. The van der Waals surface area contributed by atoms with E-state index in [2.05, 4.69) is 0 Å². The van der Waals surface area contributed by atoms with Crippen molar-refractivity contribution >= 4 is 17.6 Å². The third-order valence-electron chi connectivity index (χ3n) is 3.10. The minimum absolute atomic E-state index is 0.0431. The van der Waals surface area contributed by atoms with Gasteiger partial charge in [0.15, 0.2) is 5.78 Å². The van der Waals surface area contributed by atoms with Crippen molar-refractivity contribution in [1.29, 1.82) is 0 Å². The molecule has 0 unspecified atom stereocenters. The summed E-state index contributed by atoms with van der Waals surface area (Å²) in [6.07, 6.45) is -0.504. The van der Waals surface area contributed by atoms with Gasteiger partial charge in [0.2, 0.25) is 0 Å². The van der Waals surface area contributed by atoms with Gasteiger partial charge in [-0.2, -0.15) is 0 Å². The molecule has 5 heteroatoms. The van der Waals surface area contributed by atoms with Crippen LogP contribution in [0.25, 0.3) is 0 Å². The Balaban J connectivity index is 2.61. The van der Waals surface area contributed by atoms with Gasteiger partial charge < -0.3 is 15.4 Å². The number of anilines is 1. The molecule has 1 rings (SSSR count). The number of benzene rings is 1. The molecule has 0 saturated heterocycles. The number of ketones is 1. The molecule has 0 aliphatic heterocycles. The number of amides is 1. The van der Waals surface area contributed by atoms with E-state index in [1.165, 1.54) is 11.8 Å². The highest BCUT2D eigenvalue weighted by Gasteiger charge is 2.27. The lowest BCUT2D eigenvalue weighted by molar-refractivity contribution is -0.122. The van der Waals surface area contributed by atoms with Crippen LogP contribution in [0.3, 0.4) is 0 Å². The van der Waals surface area contributed by atoms with Crippen LogP contribution in [0.2, 0.25) is 0 Å². The fraction of sp³-hybridized carbons (Fsp3) is 0.467. The van der Waals surface area contributed by atoms with E-state index in [4.69, 9.17) is 10.5 Å². The third kappa shape index (κ3) is 4.26. The van der Waals surface area contributed by atoms with Gasteiger partial charge in [0.05, 0.1) is 6.04 Å². The number of carbonyl (C=O) groups excluding carboxylic acids is 2. The third-order valence-corrected chi connectivity index (χ3v) is 3.10. The molecular weight excluding hydrogens is 256 g/mol. The molecular formula is C15H22N2O3. The van der Waals surface area contributed by atoms with Crippen LogP contribution in [0.4, 0.5) is 10.5 Å². The predicted molar refractivity (Wildman–Crippen MR) is 78.1 cm³/mol. The van der Waals surface area contributed by atoms with E-state index in [0.29, 0.717) is 5.69 Å². The van der Waals surface area contributed by atoms with Gasteiger partial charge in [-0.15, -0.1) is 0 Å². The lowest BCUT2D eigenvalue weighted by Gasteiger charge is -2.28. The molecule has 2 N–H and O–H groups in total. The number of hydrogen-bond donors (Lipinski definition) is 1. The Labute approximate surface area is 119 Å². The fourth-order valence-corrected chi connectivity index (χ4v) is 2.16. The zero-order chi connectivity index (χ0) is 15.3. The second-order valence-electron chi connectivity index (χ2n) is 5.21. The molecule has 0 fully saturated rings. The number of rotatable bonds is 5. The summed E-state index contributed by atoms with van der Waals surface area (Å²) in [4.78, 5) is 24.9. The quantitative estimate of drug-likeness (QED) is 0.840. The van der Waals surface area contributed by atoms with Gasteiger partial charge in [-0.05, 0) is 30.5 Å². The van der Waals surface area contributed by atoms with Crippen molar-refractivity contribution in [2.45, 2.75) is 33.4 Å². The number of hydrogen-bond acceptors (Lipinski definition) is 4. The Kier molecular flexibility index (Phi) is 5.55. The predicted octanol–water partition coefficient (Wildman–Crippen LogP) is 2.45. The Morgan fingerprint density at radius 3 is 2.25 bits per heavy atom. The summed E-state index contributed by atoms with van der Waals surface area (Å²) in [5, 5.41) is 0. The van der Waals surface area contributed by atoms with Gasteiger partial charge in [-0.1, -0.05) is 26.0 Å². The Hall–Kier alpha value is -2.04. The molecule has 1 atom stereocenters. The molecule has 0 spiro atoms. The summed E-state index contributed by atoms with van der Waals surface area (Å²) in [6.45, 7) is 5.44. The smallest absolute Gasteiger partial charge is 0.410 e. The van der Waals surface area contributed by atoms with E-state index in [1.54, 1.807) is 31.3 Å². The molecule has 20 heavy (non-hydrogen) atoms. The molecule has 0 heterocycles. The normalized spacial score (nSPS) is 12.1. The van der Waals surface area contributed by atoms with Crippen molar-refractivity contribution in [3.63, 3.8) is 0 Å². The first kappa shape index (κ1) is 16.0. The van der Waals surface area contributed by atoms with Crippen LogP contribution in [0, 0.1) is 5.92 Å². The molecule has 0 bridgehead atoms. The zero-order valence-electron chi connectivity index (χ0n) is 12.4. The molecule has 0 saturated carbocycles. The first-order chi connectivity index (χ1) is 9.32. The van der Waals surface area contributed by atoms with Crippen LogP contribution in [0.1, 0.15) is 26.3 Å². The summed E-state index contributed by atoms with van der Waals surface area (Å²) in [6, 6.07) is 6.63. The van der Waals surface area contributed by atoms with E-state index in [0.717, 1.165) is 5.56 Å². The summed E-state index contributed by atoms with van der Waals surface area (Å²) in [5.74, 6) is -0.00601. The number of ether oxygens (including phenoxy) is 1. The maximum Gasteiger partial charge on any atom is 0.410 e. The zero-order valence-corrected chi connectivity index (χ0v) is 12.4. The fourth-order valence-electron chi connectivity index (χ4n) is 2.16. The van der Waals surface area contributed by atoms with Crippen LogP contribution in [-0.4, -0.2) is 29.9 Å². The molecule has 0 radical (unpaired) electrons. The minimum Gasteiger partial charge on any atom is -0.445 e. The minimum atomic E-state index is -0.504. The number of carbonyl (C=O) groups is 2. The van der Waals surface area contributed by atoms with Crippen molar-refractivity contribution in [1.82, 2.24) is 4.90 Å². The second kappa shape index (κ2) is 6.93. The average Bonchev–Trinajstić information content (AvgIpc) is 2.36. The van der Waals surface area contributed by atoms with Crippen LogP contribution in [0.5, 0.6) is 0 Å². The summed E-state index contributed by atoms with van der Waals surface area (Å²) < 4.78 is 5.20. The molecule has 1 aromatic carbocycles. The lowest BCUT2D eigenvalue weighted by atomic mass is 10.00. The maximum absolute atomic E-state index is 12.0. The standard InChI is InChI=1S/C15H22N2O3/c1-10(2)14(11(3)18)17(4)15(19)20-9-12-5-7-13(16)8-6-12/h5-8,10,14H,9,16H2,1-4H3/t14-/m0/s1. The van der Waals surface area contributed by atoms with Crippen molar-refractivity contribution < 1.29 is 14.3 Å². The Morgan fingerprint density at radius 2 is 1.80 bits per heavy atom. The van der Waals surface area contributed by atoms with Crippen molar-refractivity contribution in [3.05, 3.63) is 29.8 Å². The molecule has 0 aliphatic carbocycles. The Morgan fingerprint density at radius 1 is 1.25 bits per heavy atom. The van der Waals surface area contributed by atoms with E-state index >= 15 is 0 Å². The van der Waals surface area contributed by atoms with Crippen LogP contribution in [-0.2, 0) is 16.1 Å². The van der Waals surface area contributed by atoms with E-state index in [9.17, 15) is 9.59 Å². The number of Topliss-reactive ketones (excluding diaryl/α,β-unsaturated/α-hetero) is 1. The first-order valence-electron chi connectivity index (χ1n) is 6.57. The largest absolute Gasteiger partial charge is 0.445 e. The van der Waals surface area contributed by atoms with E-state index in [1.807, 2.05) is 13.8 Å². The van der Waals surface area contributed by atoms with Gasteiger partial charge in [-0.25, -0.2) is 4.79 Å². The van der Waals surface area contributed by atoms with Crippen molar-refractivity contribution in [2.75, 3.05) is 12.8 Å². The van der Waals surface area contributed by atoms with Gasteiger partial charge in [0.25, 0.3) is 0 Å². The van der Waals surface area contributed by atoms with Gasteiger partial charge in [0.1, 0.15) is 6.61 Å². The number of nitrogens with two attached hydrogens (primary N) is 1. The second-order valence-corrected chi connectivity index (χ2v) is 5.21. The number of likely N-dealkylation sites (N-methyl/N-ethyl adjacent to an activating group) is 1. The number of nitrogens with zero attached hydrogens (tertiary/aromatic N) is 1. The molecule has 110 valence electrons. The van der Waals surface area contributed by atoms with Crippen LogP contribution >= 0.6 is 0 Å². The van der Waals surface area contributed by atoms with E-state index in [-0.39, 0.29) is 18.3 Å². The summed E-state index contributed by atoms with van der Waals surface area (Å²) >= 11 is 0.